The van der Waals surface area contributed by atoms with Gasteiger partial charge in [0.1, 0.15) is 6.10 Å². The van der Waals surface area contributed by atoms with Gasteiger partial charge in [0.2, 0.25) is 0 Å². The Bertz CT molecular complexity index is 484. The highest BCUT2D eigenvalue weighted by atomic mass is 16.5. The number of ether oxygens (including phenoxy) is 1. The van der Waals surface area contributed by atoms with E-state index < -0.39 is 0 Å². The fourth-order valence-electron chi connectivity index (χ4n) is 3.14. The monoisotopic (exact) mass is 259 g/mol. The molecule has 3 rings (SSSR count). The highest BCUT2D eigenvalue weighted by Crippen LogP contribution is 2.27. The molecule has 0 radical (unpaired) electrons. The maximum absolute atomic E-state index is 12.2. The van der Waals surface area contributed by atoms with Crippen LogP contribution in [0.1, 0.15) is 48.5 Å². The van der Waals surface area contributed by atoms with Crippen LogP contribution < -0.4 is 5.32 Å². The molecule has 0 spiro atoms. The number of fused-ring (bicyclic) bond motifs is 1. The quantitative estimate of drug-likeness (QED) is 0.827. The van der Waals surface area contributed by atoms with Crippen LogP contribution in [0.5, 0.6) is 0 Å². The zero-order valence-corrected chi connectivity index (χ0v) is 11.4. The molecule has 1 fully saturated rings. The lowest BCUT2D eigenvalue weighted by molar-refractivity contribution is 0.0155. The Morgan fingerprint density at radius 1 is 1.37 bits per heavy atom. The first-order valence-corrected chi connectivity index (χ1v) is 7.30. The topological polar surface area (TPSA) is 38.3 Å². The van der Waals surface area contributed by atoms with Crippen molar-refractivity contribution in [2.24, 2.45) is 5.92 Å². The summed E-state index contributed by atoms with van der Waals surface area (Å²) in [7, 11) is 0. The van der Waals surface area contributed by atoms with Crippen molar-refractivity contribution in [3.63, 3.8) is 0 Å². The van der Waals surface area contributed by atoms with Crippen molar-refractivity contribution in [3.8, 4) is 0 Å². The van der Waals surface area contributed by atoms with Crippen molar-refractivity contribution >= 4 is 11.7 Å². The third kappa shape index (κ3) is 2.75. The second-order valence-corrected chi connectivity index (χ2v) is 5.85. The Balaban J connectivity index is 1.67. The van der Waals surface area contributed by atoms with E-state index in [9.17, 15) is 4.79 Å². The van der Waals surface area contributed by atoms with Gasteiger partial charge in [-0.15, -0.1) is 0 Å². The molecular weight excluding hydrogens is 238 g/mol. The number of nitrogens with one attached hydrogen (secondary N) is 1. The van der Waals surface area contributed by atoms with Crippen molar-refractivity contribution in [2.45, 2.75) is 45.1 Å². The molecule has 19 heavy (non-hydrogen) atoms. The fourth-order valence-corrected chi connectivity index (χ4v) is 3.14. The normalized spacial score (nSPS) is 25.5. The zero-order valence-electron chi connectivity index (χ0n) is 11.4. The van der Waals surface area contributed by atoms with E-state index in [0.717, 1.165) is 31.5 Å². The number of hydrogen-bond donors (Lipinski definition) is 1. The van der Waals surface area contributed by atoms with Crippen LogP contribution in [-0.4, -0.2) is 18.6 Å². The van der Waals surface area contributed by atoms with Crippen molar-refractivity contribution in [1.82, 2.24) is 0 Å². The summed E-state index contributed by atoms with van der Waals surface area (Å²) in [5, 5.41) is 3.30. The largest absolute Gasteiger partial charge is 0.459 e. The summed E-state index contributed by atoms with van der Waals surface area (Å²) in [6.45, 7) is 3.20. The molecule has 3 nitrogen and oxygen atoms in total. The number of benzene rings is 1. The van der Waals surface area contributed by atoms with Crippen LogP contribution >= 0.6 is 0 Å². The van der Waals surface area contributed by atoms with Gasteiger partial charge >= 0.3 is 5.97 Å². The summed E-state index contributed by atoms with van der Waals surface area (Å²) >= 11 is 0. The van der Waals surface area contributed by atoms with Gasteiger partial charge in [-0.3, -0.25) is 0 Å². The van der Waals surface area contributed by atoms with Gasteiger partial charge in [-0.2, -0.15) is 0 Å². The minimum atomic E-state index is -0.159. The molecule has 0 amide bonds. The summed E-state index contributed by atoms with van der Waals surface area (Å²) in [6, 6.07) is 5.83. The average Bonchev–Trinajstić information content (AvgIpc) is 2.85. The van der Waals surface area contributed by atoms with E-state index in [4.69, 9.17) is 4.74 Å². The highest BCUT2D eigenvalue weighted by molar-refractivity contribution is 5.90. The number of anilines is 1. The second kappa shape index (κ2) is 5.24. The van der Waals surface area contributed by atoms with E-state index in [2.05, 4.69) is 12.2 Å². The smallest absolute Gasteiger partial charge is 0.338 e. The molecule has 0 aromatic heterocycles. The predicted molar refractivity (Wildman–Crippen MR) is 75.5 cm³/mol. The van der Waals surface area contributed by atoms with Crippen molar-refractivity contribution < 1.29 is 9.53 Å². The van der Waals surface area contributed by atoms with Crippen molar-refractivity contribution in [1.29, 1.82) is 0 Å². The number of carbonyl (C=O) groups is 1. The number of esters is 1. The van der Waals surface area contributed by atoms with Crippen LogP contribution in [0.4, 0.5) is 5.69 Å². The molecule has 1 aromatic carbocycles. The van der Waals surface area contributed by atoms with Gasteiger partial charge in [0.25, 0.3) is 0 Å². The van der Waals surface area contributed by atoms with E-state index in [0.29, 0.717) is 11.5 Å². The molecule has 1 N–H and O–H groups in total. The molecule has 1 aliphatic carbocycles. The Kier molecular flexibility index (Phi) is 3.45. The molecular formula is C16H21NO2. The predicted octanol–water partition coefficient (Wildman–Crippen LogP) is 3.39. The maximum atomic E-state index is 12.2. The molecule has 2 atom stereocenters. The van der Waals surface area contributed by atoms with Crippen LogP contribution in [0.25, 0.3) is 0 Å². The maximum Gasteiger partial charge on any atom is 0.338 e. The van der Waals surface area contributed by atoms with Crippen LogP contribution in [0.2, 0.25) is 0 Å². The van der Waals surface area contributed by atoms with Crippen LogP contribution in [-0.2, 0) is 11.2 Å². The van der Waals surface area contributed by atoms with Gasteiger partial charge < -0.3 is 10.1 Å². The molecule has 3 heteroatoms. The summed E-state index contributed by atoms with van der Waals surface area (Å²) in [6.07, 6.45) is 5.58. The van der Waals surface area contributed by atoms with Gasteiger partial charge in [-0.1, -0.05) is 13.3 Å². The van der Waals surface area contributed by atoms with E-state index in [1.54, 1.807) is 0 Å². The van der Waals surface area contributed by atoms with Gasteiger partial charge in [-0.05, 0) is 55.4 Å². The van der Waals surface area contributed by atoms with Crippen molar-refractivity contribution in [3.05, 3.63) is 29.3 Å². The molecule has 2 unspecified atom stereocenters. The SMILES string of the molecule is CC1CCCC(OC(=O)c2ccc3c(c2)CCN3)C1. The van der Waals surface area contributed by atoms with E-state index >= 15 is 0 Å². The van der Waals surface area contributed by atoms with Crippen molar-refractivity contribution in [2.75, 3.05) is 11.9 Å². The minimum absolute atomic E-state index is 0.114. The third-order valence-corrected chi connectivity index (χ3v) is 4.21. The fraction of sp³-hybridized carbons (Fsp3) is 0.562. The van der Waals surface area contributed by atoms with Gasteiger partial charge in [0.15, 0.2) is 0 Å². The van der Waals surface area contributed by atoms with E-state index in [1.165, 1.54) is 18.4 Å². The number of hydrogen-bond acceptors (Lipinski definition) is 3. The Hall–Kier alpha value is -1.51. The van der Waals surface area contributed by atoms with Gasteiger partial charge in [0.05, 0.1) is 5.56 Å². The Labute approximate surface area is 114 Å². The number of carbonyl (C=O) groups excluding carboxylic acids is 1. The molecule has 1 aromatic rings. The summed E-state index contributed by atoms with van der Waals surface area (Å²) in [5.74, 6) is 0.518. The first-order valence-electron chi connectivity index (χ1n) is 7.30. The molecule has 1 heterocycles. The Morgan fingerprint density at radius 2 is 2.26 bits per heavy atom. The van der Waals surface area contributed by atoms with Gasteiger partial charge in [0, 0.05) is 12.2 Å². The first kappa shape index (κ1) is 12.5. The third-order valence-electron chi connectivity index (χ3n) is 4.21. The molecule has 2 aliphatic rings. The van der Waals surface area contributed by atoms with E-state index in [-0.39, 0.29) is 12.1 Å². The first-order chi connectivity index (χ1) is 9.22. The molecule has 0 bridgehead atoms. The lowest BCUT2D eigenvalue weighted by Gasteiger charge is -2.26. The minimum Gasteiger partial charge on any atom is -0.459 e. The van der Waals surface area contributed by atoms with Gasteiger partial charge in [-0.25, -0.2) is 4.79 Å². The lowest BCUT2D eigenvalue weighted by Crippen LogP contribution is -2.24. The Morgan fingerprint density at radius 3 is 3.11 bits per heavy atom. The average molecular weight is 259 g/mol. The molecule has 0 saturated heterocycles. The number of rotatable bonds is 2. The summed E-state index contributed by atoms with van der Waals surface area (Å²) in [5.41, 5.74) is 3.08. The van der Waals surface area contributed by atoms with Crippen LogP contribution in [0.3, 0.4) is 0 Å². The second-order valence-electron chi connectivity index (χ2n) is 5.85. The molecule has 1 aliphatic heterocycles. The highest BCUT2D eigenvalue weighted by Gasteiger charge is 2.23. The standard InChI is InChI=1S/C16H21NO2/c1-11-3-2-4-14(9-11)19-16(18)13-5-6-15-12(10-13)7-8-17-15/h5-6,10-11,14,17H,2-4,7-9H2,1H3. The van der Waals surface area contributed by atoms with E-state index in [1.807, 2.05) is 18.2 Å². The van der Waals surface area contributed by atoms with Crippen LogP contribution in [0.15, 0.2) is 18.2 Å². The zero-order chi connectivity index (χ0) is 13.2. The lowest BCUT2D eigenvalue weighted by atomic mass is 9.89. The summed E-state index contributed by atoms with van der Waals surface area (Å²) < 4.78 is 5.65. The summed E-state index contributed by atoms with van der Waals surface area (Å²) in [4.78, 5) is 12.2. The molecule has 102 valence electrons. The van der Waals surface area contributed by atoms with Crippen LogP contribution in [0, 0.1) is 5.92 Å². The molecule has 1 saturated carbocycles.